The first-order valence-corrected chi connectivity index (χ1v) is 5.33. The molecule has 0 aliphatic heterocycles. The van der Waals surface area contributed by atoms with Gasteiger partial charge in [-0.25, -0.2) is 14.6 Å². The molecule has 1 N–H and O–H groups in total. The number of nitrogens with one attached hydrogen (secondary N) is 1. The highest BCUT2D eigenvalue weighted by molar-refractivity contribution is 5.26. The molecule has 84 valence electrons. The van der Waals surface area contributed by atoms with Crippen molar-refractivity contribution in [3.63, 3.8) is 0 Å². The molecule has 0 aliphatic carbocycles. The summed E-state index contributed by atoms with van der Waals surface area (Å²) in [5.41, 5.74) is 2.31. The Morgan fingerprint density at radius 1 is 1.44 bits per heavy atom. The SMILES string of the molecule is CCNCc1cnn(-c2ccncn2)c1C. The number of hydrogen-bond donors (Lipinski definition) is 1. The summed E-state index contributed by atoms with van der Waals surface area (Å²) in [5.74, 6) is 0.801. The lowest BCUT2D eigenvalue weighted by atomic mass is 10.2. The summed E-state index contributed by atoms with van der Waals surface area (Å²) in [6.07, 6.45) is 5.12. The monoisotopic (exact) mass is 217 g/mol. The molecule has 5 heteroatoms. The van der Waals surface area contributed by atoms with Gasteiger partial charge in [-0.05, 0) is 13.5 Å². The normalized spacial score (nSPS) is 10.6. The van der Waals surface area contributed by atoms with Crippen molar-refractivity contribution in [2.45, 2.75) is 20.4 Å². The van der Waals surface area contributed by atoms with Crippen molar-refractivity contribution in [2.75, 3.05) is 6.54 Å². The lowest BCUT2D eigenvalue weighted by Gasteiger charge is -2.04. The highest BCUT2D eigenvalue weighted by Gasteiger charge is 2.07. The van der Waals surface area contributed by atoms with Gasteiger partial charge in [-0.1, -0.05) is 6.92 Å². The standard InChI is InChI=1S/C11H15N5/c1-3-12-6-10-7-15-16(9(10)2)11-4-5-13-8-14-11/h4-5,7-8,12H,3,6H2,1-2H3. The molecule has 0 saturated heterocycles. The third-order valence-corrected chi connectivity index (χ3v) is 2.46. The molecule has 0 aromatic carbocycles. The van der Waals surface area contributed by atoms with E-state index in [4.69, 9.17) is 0 Å². The molecule has 0 spiro atoms. The van der Waals surface area contributed by atoms with Crippen LogP contribution in [-0.4, -0.2) is 26.3 Å². The van der Waals surface area contributed by atoms with E-state index in [0.717, 1.165) is 24.6 Å². The van der Waals surface area contributed by atoms with Gasteiger partial charge >= 0.3 is 0 Å². The molecule has 0 unspecified atom stereocenters. The van der Waals surface area contributed by atoms with Gasteiger partial charge in [-0.2, -0.15) is 5.10 Å². The van der Waals surface area contributed by atoms with E-state index >= 15 is 0 Å². The van der Waals surface area contributed by atoms with Gasteiger partial charge in [0.15, 0.2) is 5.82 Å². The van der Waals surface area contributed by atoms with Gasteiger partial charge in [0.2, 0.25) is 0 Å². The van der Waals surface area contributed by atoms with E-state index in [1.165, 1.54) is 11.9 Å². The summed E-state index contributed by atoms with van der Waals surface area (Å²) >= 11 is 0. The Labute approximate surface area is 94.5 Å². The van der Waals surface area contributed by atoms with Gasteiger partial charge in [0.25, 0.3) is 0 Å². The topological polar surface area (TPSA) is 55.6 Å². The van der Waals surface area contributed by atoms with Crippen LogP contribution >= 0.6 is 0 Å². The smallest absolute Gasteiger partial charge is 0.156 e. The molecule has 0 saturated carbocycles. The average Bonchev–Trinajstić information content (AvgIpc) is 2.69. The lowest BCUT2D eigenvalue weighted by molar-refractivity contribution is 0.720. The number of hydrogen-bond acceptors (Lipinski definition) is 4. The lowest BCUT2D eigenvalue weighted by Crippen LogP contribution is -2.12. The van der Waals surface area contributed by atoms with Crippen LogP contribution in [0.2, 0.25) is 0 Å². The van der Waals surface area contributed by atoms with E-state index in [2.05, 4.69) is 27.3 Å². The Hall–Kier alpha value is -1.75. The van der Waals surface area contributed by atoms with Crippen molar-refractivity contribution in [3.05, 3.63) is 36.0 Å². The van der Waals surface area contributed by atoms with Crippen molar-refractivity contribution in [1.82, 2.24) is 25.1 Å². The van der Waals surface area contributed by atoms with Crippen LogP contribution in [0, 0.1) is 6.92 Å². The van der Waals surface area contributed by atoms with E-state index in [0.29, 0.717) is 0 Å². The predicted octanol–water partition coefficient (Wildman–Crippen LogP) is 1.08. The molecule has 2 aromatic rings. The molecular formula is C11H15N5. The van der Waals surface area contributed by atoms with Gasteiger partial charge in [0.05, 0.1) is 6.20 Å². The molecule has 2 rings (SSSR count). The van der Waals surface area contributed by atoms with Gasteiger partial charge in [0, 0.05) is 30.1 Å². The summed E-state index contributed by atoms with van der Waals surface area (Å²) in [5, 5.41) is 7.61. The van der Waals surface area contributed by atoms with Gasteiger partial charge in [0.1, 0.15) is 6.33 Å². The molecule has 0 atom stereocenters. The van der Waals surface area contributed by atoms with Crippen LogP contribution in [0.3, 0.4) is 0 Å². The maximum atomic E-state index is 4.33. The van der Waals surface area contributed by atoms with Crippen LogP contribution in [0.15, 0.2) is 24.8 Å². The van der Waals surface area contributed by atoms with E-state index < -0.39 is 0 Å². The van der Waals surface area contributed by atoms with Crippen molar-refractivity contribution in [2.24, 2.45) is 0 Å². The third-order valence-electron chi connectivity index (χ3n) is 2.46. The summed E-state index contributed by atoms with van der Waals surface area (Å²) in [6.45, 7) is 5.93. The molecule has 2 aromatic heterocycles. The maximum absolute atomic E-state index is 4.33. The van der Waals surface area contributed by atoms with Crippen LogP contribution in [-0.2, 0) is 6.54 Å². The van der Waals surface area contributed by atoms with Crippen LogP contribution < -0.4 is 5.32 Å². The van der Waals surface area contributed by atoms with Gasteiger partial charge < -0.3 is 5.32 Å². The second-order valence-corrected chi connectivity index (χ2v) is 3.51. The Kier molecular flexibility index (Phi) is 3.26. The summed E-state index contributed by atoms with van der Waals surface area (Å²) in [6, 6.07) is 1.84. The molecule has 0 amide bonds. The molecule has 0 radical (unpaired) electrons. The zero-order valence-corrected chi connectivity index (χ0v) is 9.51. The van der Waals surface area contributed by atoms with E-state index in [1.54, 1.807) is 6.20 Å². The Morgan fingerprint density at radius 3 is 3.00 bits per heavy atom. The van der Waals surface area contributed by atoms with Crippen LogP contribution in [0.4, 0.5) is 0 Å². The van der Waals surface area contributed by atoms with Crippen LogP contribution in [0.25, 0.3) is 5.82 Å². The molecule has 0 fully saturated rings. The minimum absolute atomic E-state index is 0.801. The highest BCUT2D eigenvalue weighted by Crippen LogP contribution is 2.11. The fraction of sp³-hybridized carbons (Fsp3) is 0.364. The molecule has 2 heterocycles. The van der Waals surface area contributed by atoms with Gasteiger partial charge in [-0.3, -0.25) is 0 Å². The van der Waals surface area contributed by atoms with Crippen molar-refractivity contribution < 1.29 is 0 Å². The zero-order valence-electron chi connectivity index (χ0n) is 9.51. The van der Waals surface area contributed by atoms with Gasteiger partial charge in [-0.15, -0.1) is 0 Å². The molecule has 0 aliphatic rings. The quantitative estimate of drug-likeness (QED) is 0.832. The number of rotatable bonds is 4. The van der Waals surface area contributed by atoms with E-state index in [-0.39, 0.29) is 0 Å². The molecular weight excluding hydrogens is 202 g/mol. The van der Waals surface area contributed by atoms with Crippen molar-refractivity contribution >= 4 is 0 Å². The first-order valence-electron chi connectivity index (χ1n) is 5.33. The zero-order chi connectivity index (χ0) is 11.4. The Balaban J connectivity index is 2.27. The molecule has 0 bridgehead atoms. The van der Waals surface area contributed by atoms with E-state index in [1.807, 2.05) is 23.9 Å². The largest absolute Gasteiger partial charge is 0.313 e. The van der Waals surface area contributed by atoms with E-state index in [9.17, 15) is 0 Å². The maximum Gasteiger partial charge on any atom is 0.156 e. The Morgan fingerprint density at radius 2 is 2.31 bits per heavy atom. The fourth-order valence-corrected chi connectivity index (χ4v) is 1.52. The third kappa shape index (κ3) is 2.09. The first kappa shape index (κ1) is 10.8. The number of nitrogens with zero attached hydrogens (tertiary/aromatic N) is 4. The molecule has 16 heavy (non-hydrogen) atoms. The highest BCUT2D eigenvalue weighted by atomic mass is 15.3. The predicted molar refractivity (Wildman–Crippen MR) is 61.3 cm³/mol. The van der Waals surface area contributed by atoms with Crippen LogP contribution in [0.1, 0.15) is 18.2 Å². The summed E-state index contributed by atoms with van der Waals surface area (Å²) in [7, 11) is 0. The number of aromatic nitrogens is 4. The minimum atomic E-state index is 0.801. The Bertz CT molecular complexity index is 449. The average molecular weight is 217 g/mol. The minimum Gasteiger partial charge on any atom is -0.313 e. The molecule has 5 nitrogen and oxygen atoms in total. The fourth-order valence-electron chi connectivity index (χ4n) is 1.52. The summed E-state index contributed by atoms with van der Waals surface area (Å²) < 4.78 is 1.83. The summed E-state index contributed by atoms with van der Waals surface area (Å²) in [4.78, 5) is 8.06. The first-order chi connectivity index (χ1) is 7.83. The second-order valence-electron chi connectivity index (χ2n) is 3.51. The second kappa shape index (κ2) is 4.85. The van der Waals surface area contributed by atoms with Crippen LogP contribution in [0.5, 0.6) is 0 Å². The van der Waals surface area contributed by atoms with Crippen molar-refractivity contribution in [3.8, 4) is 5.82 Å². The van der Waals surface area contributed by atoms with Crippen molar-refractivity contribution in [1.29, 1.82) is 0 Å².